The molecule has 3 unspecified atom stereocenters. The van der Waals surface area contributed by atoms with Gasteiger partial charge in [0.05, 0.1) is 12.2 Å². The summed E-state index contributed by atoms with van der Waals surface area (Å²) in [6, 6.07) is 0. The molecule has 0 aromatic rings. The second-order valence-corrected chi connectivity index (χ2v) is 3.19. The lowest BCUT2D eigenvalue weighted by Gasteiger charge is -2.06. The van der Waals surface area contributed by atoms with Gasteiger partial charge in [-0.3, -0.25) is 4.55 Å². The normalized spacial score (nSPS) is 38.3. The molecule has 3 atom stereocenters. The van der Waals surface area contributed by atoms with Crippen molar-refractivity contribution in [1.82, 2.24) is 4.31 Å². The van der Waals surface area contributed by atoms with Crippen LogP contribution in [0.4, 0.5) is 0 Å². The fourth-order valence-electron chi connectivity index (χ4n) is 0.863. The Hall–Kier alpha value is -0.0100. The molecule has 60 valence electrons. The molecule has 1 aliphatic heterocycles. The standard InChI is InChI=1S/C4H9NO4S/c6-3-1-5(10(8)9)2-4(3)7/h3-4,6-7H,1-2H2,(H,8,9). The molecule has 0 aromatic heterocycles. The third kappa shape index (κ3) is 1.53. The monoisotopic (exact) mass is 167 g/mol. The lowest BCUT2D eigenvalue weighted by molar-refractivity contribution is 0.0572. The van der Waals surface area contributed by atoms with Gasteiger partial charge in [0, 0.05) is 13.1 Å². The molecule has 10 heavy (non-hydrogen) atoms. The van der Waals surface area contributed by atoms with Crippen molar-refractivity contribution in [2.75, 3.05) is 13.1 Å². The van der Waals surface area contributed by atoms with Gasteiger partial charge in [0.25, 0.3) is 0 Å². The van der Waals surface area contributed by atoms with Crippen LogP contribution in [0.3, 0.4) is 0 Å². The zero-order chi connectivity index (χ0) is 7.72. The van der Waals surface area contributed by atoms with Crippen molar-refractivity contribution < 1.29 is 19.0 Å². The van der Waals surface area contributed by atoms with Gasteiger partial charge < -0.3 is 10.2 Å². The van der Waals surface area contributed by atoms with E-state index in [1.54, 1.807) is 0 Å². The van der Waals surface area contributed by atoms with E-state index in [9.17, 15) is 4.21 Å². The molecule has 5 nitrogen and oxygen atoms in total. The highest BCUT2D eigenvalue weighted by Crippen LogP contribution is 2.10. The summed E-state index contributed by atoms with van der Waals surface area (Å²) < 4.78 is 19.9. The van der Waals surface area contributed by atoms with E-state index >= 15 is 0 Å². The van der Waals surface area contributed by atoms with Crippen LogP contribution >= 0.6 is 0 Å². The number of aliphatic hydroxyl groups excluding tert-OH is 2. The third-order valence-corrected chi connectivity index (χ3v) is 2.19. The lowest BCUT2D eigenvalue weighted by atomic mass is 10.3. The minimum atomic E-state index is -2.07. The average Bonchev–Trinajstić information content (AvgIpc) is 2.13. The largest absolute Gasteiger partial charge is 0.389 e. The smallest absolute Gasteiger partial charge is 0.234 e. The summed E-state index contributed by atoms with van der Waals surface area (Å²) in [6.45, 7) is 0.120. The van der Waals surface area contributed by atoms with Crippen molar-refractivity contribution >= 4 is 11.3 Å². The summed E-state index contributed by atoms with van der Waals surface area (Å²) in [5, 5.41) is 17.8. The Balaban J connectivity index is 2.49. The lowest BCUT2D eigenvalue weighted by Crippen LogP contribution is -2.23. The number of β-amino-alcohol motifs (C(OH)–C–C–N with tert-alkyl or cyclic N) is 2. The molecule has 0 amide bonds. The van der Waals surface area contributed by atoms with Crippen molar-refractivity contribution in [2.24, 2.45) is 0 Å². The Bertz CT molecular complexity index is 142. The zero-order valence-electron chi connectivity index (χ0n) is 5.17. The van der Waals surface area contributed by atoms with Crippen LogP contribution in [0.2, 0.25) is 0 Å². The highest BCUT2D eigenvalue weighted by atomic mass is 32.2. The van der Waals surface area contributed by atoms with Gasteiger partial charge in [0.2, 0.25) is 11.3 Å². The van der Waals surface area contributed by atoms with E-state index in [4.69, 9.17) is 14.8 Å². The van der Waals surface area contributed by atoms with E-state index < -0.39 is 23.5 Å². The first kappa shape index (κ1) is 8.09. The molecule has 1 heterocycles. The van der Waals surface area contributed by atoms with Crippen molar-refractivity contribution in [3.8, 4) is 0 Å². The summed E-state index contributed by atoms with van der Waals surface area (Å²) in [7, 11) is 0. The van der Waals surface area contributed by atoms with Crippen molar-refractivity contribution in [2.45, 2.75) is 12.2 Å². The third-order valence-electron chi connectivity index (χ3n) is 1.45. The molecular formula is C4H9NO4S. The van der Waals surface area contributed by atoms with Crippen LogP contribution in [-0.4, -0.2) is 48.6 Å². The predicted octanol–water partition coefficient (Wildman–Crippen LogP) is -1.84. The molecule has 1 aliphatic rings. The number of nitrogens with zero attached hydrogens (tertiary/aromatic N) is 1. The Labute approximate surface area is 60.7 Å². The summed E-state index contributed by atoms with van der Waals surface area (Å²) in [5.74, 6) is 0. The van der Waals surface area contributed by atoms with Gasteiger partial charge >= 0.3 is 0 Å². The van der Waals surface area contributed by atoms with Crippen molar-refractivity contribution in [1.29, 1.82) is 0 Å². The highest BCUT2D eigenvalue weighted by Gasteiger charge is 2.32. The van der Waals surface area contributed by atoms with Gasteiger partial charge in [0.15, 0.2) is 0 Å². The first-order valence-corrected chi connectivity index (χ1v) is 3.89. The number of hydrogen-bond donors (Lipinski definition) is 3. The molecule has 3 N–H and O–H groups in total. The van der Waals surface area contributed by atoms with Gasteiger partial charge in [-0.05, 0) is 0 Å². The molecular weight excluding hydrogens is 158 g/mol. The van der Waals surface area contributed by atoms with Crippen molar-refractivity contribution in [3.63, 3.8) is 0 Å². The van der Waals surface area contributed by atoms with Crippen LogP contribution in [0.25, 0.3) is 0 Å². The first-order valence-electron chi connectivity index (χ1n) is 2.83. The summed E-state index contributed by atoms with van der Waals surface area (Å²) in [6.07, 6.45) is -1.79. The van der Waals surface area contributed by atoms with E-state index in [0.717, 1.165) is 4.31 Å². The van der Waals surface area contributed by atoms with Gasteiger partial charge in [-0.25, -0.2) is 4.21 Å². The van der Waals surface area contributed by atoms with Gasteiger partial charge in [-0.15, -0.1) is 0 Å². The Morgan fingerprint density at radius 1 is 1.30 bits per heavy atom. The quantitative estimate of drug-likeness (QED) is 0.401. The van der Waals surface area contributed by atoms with E-state index in [-0.39, 0.29) is 13.1 Å². The van der Waals surface area contributed by atoms with Gasteiger partial charge in [-0.1, -0.05) is 0 Å². The maximum Gasteiger partial charge on any atom is 0.234 e. The van der Waals surface area contributed by atoms with Crippen LogP contribution in [-0.2, 0) is 11.3 Å². The van der Waals surface area contributed by atoms with Crippen LogP contribution in [0.5, 0.6) is 0 Å². The minimum Gasteiger partial charge on any atom is -0.389 e. The molecule has 1 saturated heterocycles. The molecule has 1 rings (SSSR count). The molecule has 6 heteroatoms. The summed E-state index contributed by atoms with van der Waals surface area (Å²) in [5.41, 5.74) is 0. The zero-order valence-corrected chi connectivity index (χ0v) is 5.99. The molecule has 1 fully saturated rings. The second-order valence-electron chi connectivity index (χ2n) is 2.21. The Kier molecular flexibility index (Phi) is 2.37. The topological polar surface area (TPSA) is 81.0 Å². The number of hydrogen-bond acceptors (Lipinski definition) is 3. The maximum atomic E-state index is 10.3. The SMILES string of the molecule is O=S(O)N1CC(O)C(O)C1. The molecule has 0 saturated carbocycles. The van der Waals surface area contributed by atoms with E-state index in [1.807, 2.05) is 0 Å². The van der Waals surface area contributed by atoms with Crippen LogP contribution in [0.1, 0.15) is 0 Å². The number of rotatable bonds is 1. The maximum absolute atomic E-state index is 10.3. The van der Waals surface area contributed by atoms with E-state index in [0.29, 0.717) is 0 Å². The molecule has 0 aliphatic carbocycles. The minimum absolute atomic E-state index is 0.0598. The van der Waals surface area contributed by atoms with Crippen LogP contribution < -0.4 is 0 Å². The second kappa shape index (κ2) is 2.93. The first-order chi connectivity index (χ1) is 4.61. The molecule has 0 spiro atoms. The summed E-state index contributed by atoms with van der Waals surface area (Å²) >= 11 is -2.07. The molecule has 0 bridgehead atoms. The fraction of sp³-hybridized carbons (Fsp3) is 1.00. The van der Waals surface area contributed by atoms with Crippen molar-refractivity contribution in [3.05, 3.63) is 0 Å². The number of aliphatic hydroxyl groups is 2. The molecule has 0 radical (unpaired) electrons. The van der Waals surface area contributed by atoms with Crippen LogP contribution in [0.15, 0.2) is 0 Å². The average molecular weight is 167 g/mol. The summed E-state index contributed by atoms with van der Waals surface area (Å²) in [4.78, 5) is 0. The van der Waals surface area contributed by atoms with Gasteiger partial charge in [0.1, 0.15) is 0 Å². The van der Waals surface area contributed by atoms with Gasteiger partial charge in [-0.2, -0.15) is 4.31 Å². The van der Waals surface area contributed by atoms with E-state index in [2.05, 4.69) is 0 Å². The Morgan fingerprint density at radius 2 is 1.70 bits per heavy atom. The predicted molar refractivity (Wildman–Crippen MR) is 34.4 cm³/mol. The van der Waals surface area contributed by atoms with Crippen LogP contribution in [0, 0.1) is 0 Å². The highest BCUT2D eigenvalue weighted by molar-refractivity contribution is 7.76. The van der Waals surface area contributed by atoms with E-state index in [1.165, 1.54) is 0 Å². The molecule has 0 aromatic carbocycles. The Morgan fingerprint density at radius 3 is 1.90 bits per heavy atom. The fourth-order valence-corrected chi connectivity index (χ4v) is 1.42.